The summed E-state index contributed by atoms with van der Waals surface area (Å²) in [6.07, 6.45) is 0.715. The first-order chi connectivity index (χ1) is 9.39. The van der Waals surface area contributed by atoms with E-state index in [1.54, 1.807) is 12.1 Å². The molecule has 122 valence electrons. The second-order valence-electron chi connectivity index (χ2n) is 5.09. The van der Waals surface area contributed by atoms with Gasteiger partial charge in [0.15, 0.2) is 0 Å². The summed E-state index contributed by atoms with van der Waals surface area (Å²) in [5.74, 6) is 1.04. The molecule has 0 saturated heterocycles. The zero-order valence-electron chi connectivity index (χ0n) is 12.7. The minimum atomic E-state index is -3.53. The lowest BCUT2D eigenvalue weighted by atomic mass is 10.1. The molecule has 0 bridgehead atoms. The van der Waals surface area contributed by atoms with Crippen LogP contribution < -0.4 is 15.2 Å². The fraction of sp³-hybridized carbons (Fsp3) is 0.571. The molecule has 0 radical (unpaired) electrons. The van der Waals surface area contributed by atoms with Crippen LogP contribution in [-0.4, -0.2) is 27.6 Å². The van der Waals surface area contributed by atoms with E-state index < -0.39 is 10.0 Å². The SMILES string of the molecule is CCOc1ccc(S(=O)(=O)NC(CN)CC(C)C)cc1.Cl. The van der Waals surface area contributed by atoms with Gasteiger partial charge in [0.2, 0.25) is 10.0 Å². The third-order valence-corrected chi connectivity index (χ3v) is 4.34. The average Bonchev–Trinajstić information content (AvgIpc) is 2.38. The van der Waals surface area contributed by atoms with Crippen LogP contribution in [0, 0.1) is 5.92 Å². The summed E-state index contributed by atoms with van der Waals surface area (Å²) in [4.78, 5) is 0.225. The van der Waals surface area contributed by atoms with E-state index in [0.717, 1.165) is 0 Å². The summed E-state index contributed by atoms with van der Waals surface area (Å²) in [6, 6.07) is 6.13. The molecular formula is C14H25ClN2O3S. The molecule has 21 heavy (non-hydrogen) atoms. The molecule has 0 heterocycles. The molecule has 1 rings (SSSR count). The van der Waals surface area contributed by atoms with E-state index in [1.165, 1.54) is 12.1 Å². The third-order valence-electron chi connectivity index (χ3n) is 2.81. The van der Waals surface area contributed by atoms with E-state index in [0.29, 0.717) is 24.7 Å². The van der Waals surface area contributed by atoms with Gasteiger partial charge in [0.1, 0.15) is 5.75 Å². The first kappa shape index (κ1) is 20.2. The quantitative estimate of drug-likeness (QED) is 0.762. The number of halogens is 1. The minimum absolute atomic E-state index is 0. The van der Waals surface area contributed by atoms with E-state index in [1.807, 2.05) is 20.8 Å². The number of hydrogen-bond acceptors (Lipinski definition) is 4. The number of nitrogens with one attached hydrogen (secondary N) is 1. The van der Waals surface area contributed by atoms with E-state index in [9.17, 15) is 8.42 Å². The third kappa shape index (κ3) is 6.65. The summed E-state index contributed by atoms with van der Waals surface area (Å²) >= 11 is 0. The van der Waals surface area contributed by atoms with Crippen molar-refractivity contribution >= 4 is 22.4 Å². The monoisotopic (exact) mass is 336 g/mol. The second-order valence-corrected chi connectivity index (χ2v) is 6.80. The molecule has 1 atom stereocenters. The van der Waals surface area contributed by atoms with Crippen LogP contribution in [0.1, 0.15) is 27.2 Å². The van der Waals surface area contributed by atoms with Gasteiger partial charge in [0.25, 0.3) is 0 Å². The van der Waals surface area contributed by atoms with Crippen molar-refractivity contribution in [3.63, 3.8) is 0 Å². The molecule has 7 heteroatoms. The average molecular weight is 337 g/mol. The molecule has 0 aliphatic heterocycles. The van der Waals surface area contributed by atoms with Gasteiger partial charge in [-0.25, -0.2) is 13.1 Å². The number of sulfonamides is 1. The molecule has 0 spiro atoms. The number of benzene rings is 1. The lowest BCUT2D eigenvalue weighted by molar-refractivity contribution is 0.340. The fourth-order valence-electron chi connectivity index (χ4n) is 1.93. The van der Waals surface area contributed by atoms with Crippen LogP contribution in [0.15, 0.2) is 29.2 Å². The van der Waals surface area contributed by atoms with Crippen molar-refractivity contribution in [1.82, 2.24) is 4.72 Å². The Bertz CT molecular complexity index is 503. The van der Waals surface area contributed by atoms with Crippen LogP contribution in [-0.2, 0) is 10.0 Å². The zero-order chi connectivity index (χ0) is 15.2. The Hall–Kier alpha value is -0.820. The Morgan fingerprint density at radius 1 is 1.24 bits per heavy atom. The highest BCUT2D eigenvalue weighted by molar-refractivity contribution is 7.89. The maximum Gasteiger partial charge on any atom is 0.240 e. The van der Waals surface area contributed by atoms with Gasteiger partial charge in [-0.1, -0.05) is 13.8 Å². The molecule has 0 fully saturated rings. The van der Waals surface area contributed by atoms with E-state index in [2.05, 4.69) is 4.72 Å². The van der Waals surface area contributed by atoms with Crippen molar-refractivity contribution in [2.45, 2.75) is 38.1 Å². The van der Waals surface area contributed by atoms with Crippen molar-refractivity contribution in [2.75, 3.05) is 13.2 Å². The van der Waals surface area contributed by atoms with Gasteiger partial charge in [-0.05, 0) is 43.5 Å². The van der Waals surface area contributed by atoms with Crippen molar-refractivity contribution in [3.8, 4) is 5.75 Å². The summed E-state index contributed by atoms with van der Waals surface area (Å²) in [7, 11) is -3.53. The first-order valence-corrected chi connectivity index (χ1v) is 8.32. The molecule has 0 aliphatic rings. The summed E-state index contributed by atoms with van der Waals surface area (Å²) < 4.78 is 32.4. The van der Waals surface area contributed by atoms with Gasteiger partial charge >= 0.3 is 0 Å². The highest BCUT2D eigenvalue weighted by Gasteiger charge is 2.19. The molecule has 1 unspecified atom stereocenters. The number of nitrogens with two attached hydrogens (primary N) is 1. The normalized spacial score (nSPS) is 12.8. The van der Waals surface area contributed by atoms with Gasteiger partial charge < -0.3 is 10.5 Å². The maximum absolute atomic E-state index is 12.2. The maximum atomic E-state index is 12.2. The largest absolute Gasteiger partial charge is 0.494 e. The Morgan fingerprint density at radius 2 is 1.81 bits per heavy atom. The Morgan fingerprint density at radius 3 is 2.24 bits per heavy atom. The van der Waals surface area contributed by atoms with Crippen LogP contribution in [0.5, 0.6) is 5.75 Å². The van der Waals surface area contributed by atoms with Gasteiger partial charge in [-0.3, -0.25) is 0 Å². The van der Waals surface area contributed by atoms with Gasteiger partial charge in [-0.2, -0.15) is 0 Å². The van der Waals surface area contributed by atoms with Crippen molar-refractivity contribution < 1.29 is 13.2 Å². The highest BCUT2D eigenvalue weighted by atomic mass is 35.5. The topological polar surface area (TPSA) is 81.4 Å². The lowest BCUT2D eigenvalue weighted by Crippen LogP contribution is -2.40. The Kier molecular flexibility index (Phi) is 8.89. The van der Waals surface area contributed by atoms with Crippen LogP contribution >= 0.6 is 12.4 Å². The Balaban J connectivity index is 0.00000400. The number of hydrogen-bond donors (Lipinski definition) is 2. The molecule has 0 amide bonds. The Labute approximate surface area is 133 Å². The molecule has 0 aromatic heterocycles. The van der Waals surface area contributed by atoms with Gasteiger partial charge in [0.05, 0.1) is 11.5 Å². The van der Waals surface area contributed by atoms with Crippen LogP contribution in [0.3, 0.4) is 0 Å². The molecule has 0 saturated carbocycles. The standard InChI is InChI=1S/C14H24N2O3S.ClH/c1-4-19-13-5-7-14(8-6-13)20(17,18)16-12(10-15)9-11(2)3;/h5-8,11-12,16H,4,9-10,15H2,1-3H3;1H. The molecule has 5 nitrogen and oxygen atoms in total. The van der Waals surface area contributed by atoms with Crippen molar-refractivity contribution in [2.24, 2.45) is 11.7 Å². The molecule has 3 N–H and O–H groups in total. The minimum Gasteiger partial charge on any atom is -0.494 e. The lowest BCUT2D eigenvalue weighted by Gasteiger charge is -2.18. The van der Waals surface area contributed by atoms with Crippen LogP contribution in [0.25, 0.3) is 0 Å². The van der Waals surface area contributed by atoms with E-state index >= 15 is 0 Å². The summed E-state index contributed by atoms with van der Waals surface area (Å²) in [5.41, 5.74) is 5.62. The van der Waals surface area contributed by atoms with Crippen LogP contribution in [0.4, 0.5) is 0 Å². The van der Waals surface area contributed by atoms with E-state index in [4.69, 9.17) is 10.5 Å². The molecule has 1 aromatic rings. The number of rotatable bonds is 8. The molecule has 0 aliphatic carbocycles. The smallest absolute Gasteiger partial charge is 0.240 e. The van der Waals surface area contributed by atoms with E-state index in [-0.39, 0.29) is 29.9 Å². The summed E-state index contributed by atoms with van der Waals surface area (Å²) in [5, 5.41) is 0. The van der Waals surface area contributed by atoms with Crippen molar-refractivity contribution in [1.29, 1.82) is 0 Å². The predicted octanol–water partition coefficient (Wildman–Crippen LogP) is 2.16. The first-order valence-electron chi connectivity index (χ1n) is 6.84. The van der Waals surface area contributed by atoms with Gasteiger partial charge in [-0.15, -0.1) is 12.4 Å². The zero-order valence-corrected chi connectivity index (χ0v) is 14.3. The number of ether oxygens (including phenoxy) is 1. The molecular weight excluding hydrogens is 312 g/mol. The summed E-state index contributed by atoms with van der Waals surface area (Å²) in [6.45, 7) is 6.79. The van der Waals surface area contributed by atoms with Crippen molar-refractivity contribution in [3.05, 3.63) is 24.3 Å². The second kappa shape index (κ2) is 9.25. The van der Waals surface area contributed by atoms with Gasteiger partial charge in [0, 0.05) is 12.6 Å². The molecule has 1 aromatic carbocycles. The predicted molar refractivity (Wildman–Crippen MR) is 87.5 cm³/mol. The highest BCUT2D eigenvalue weighted by Crippen LogP contribution is 2.17. The fourth-order valence-corrected chi connectivity index (χ4v) is 3.19. The van der Waals surface area contributed by atoms with Crippen LogP contribution in [0.2, 0.25) is 0 Å².